The zero-order valence-corrected chi connectivity index (χ0v) is 13.8. The molecular formula is C15H17F6N3S. The molecule has 2 atom stereocenters. The maximum absolute atomic E-state index is 12.8. The summed E-state index contributed by atoms with van der Waals surface area (Å²) in [7, 11) is 0. The molecular weight excluding hydrogens is 368 g/mol. The quantitative estimate of drug-likeness (QED) is 0.525. The number of nitrogens with one attached hydrogen (secondary N) is 2. The SMILES string of the molecule is N[C@H]1CCCC[C@@H]1NC(=S)Nc1cc(C(F)(F)F)cc(C(F)(F)F)c1. The van der Waals surface area contributed by atoms with Gasteiger partial charge in [-0.25, -0.2) is 0 Å². The molecule has 1 aliphatic carbocycles. The average molecular weight is 385 g/mol. The van der Waals surface area contributed by atoms with Crippen molar-refractivity contribution in [2.45, 2.75) is 50.1 Å². The standard InChI is InChI=1S/C15H17F6N3S/c16-14(17,18)8-5-9(15(19,20)21)7-10(6-8)23-13(25)24-12-4-2-1-3-11(12)22/h5-7,11-12H,1-4,22H2,(H2,23,24,25)/t11-,12-/m0/s1. The average Bonchev–Trinajstić information content (AvgIpc) is 2.47. The van der Waals surface area contributed by atoms with Crippen LogP contribution in [0.25, 0.3) is 0 Å². The molecule has 1 saturated carbocycles. The van der Waals surface area contributed by atoms with Crippen molar-refractivity contribution in [1.29, 1.82) is 0 Å². The topological polar surface area (TPSA) is 50.1 Å². The second-order valence-electron chi connectivity index (χ2n) is 5.95. The molecule has 0 bridgehead atoms. The van der Waals surface area contributed by atoms with Crippen LogP contribution in [0, 0.1) is 0 Å². The van der Waals surface area contributed by atoms with Gasteiger partial charge in [0.2, 0.25) is 0 Å². The zero-order valence-electron chi connectivity index (χ0n) is 13.0. The van der Waals surface area contributed by atoms with Gasteiger partial charge in [-0.05, 0) is 43.3 Å². The Balaban J connectivity index is 2.18. The van der Waals surface area contributed by atoms with Crippen molar-refractivity contribution in [1.82, 2.24) is 5.32 Å². The Kier molecular flexibility index (Phi) is 5.82. The van der Waals surface area contributed by atoms with Crippen molar-refractivity contribution in [2.75, 3.05) is 5.32 Å². The van der Waals surface area contributed by atoms with E-state index >= 15 is 0 Å². The van der Waals surface area contributed by atoms with Gasteiger partial charge in [0.25, 0.3) is 0 Å². The monoisotopic (exact) mass is 385 g/mol. The lowest BCUT2D eigenvalue weighted by molar-refractivity contribution is -0.143. The first-order valence-corrected chi connectivity index (χ1v) is 8.00. The summed E-state index contributed by atoms with van der Waals surface area (Å²) in [5, 5.41) is 5.21. The smallest absolute Gasteiger partial charge is 0.358 e. The minimum Gasteiger partial charge on any atom is -0.358 e. The van der Waals surface area contributed by atoms with Crippen LogP contribution in [0.2, 0.25) is 0 Å². The molecule has 1 aliphatic rings. The van der Waals surface area contributed by atoms with E-state index < -0.39 is 23.5 Å². The first-order valence-electron chi connectivity index (χ1n) is 7.59. The second kappa shape index (κ2) is 7.36. The Morgan fingerprint density at radius 3 is 1.96 bits per heavy atom. The van der Waals surface area contributed by atoms with Crippen molar-refractivity contribution in [3.63, 3.8) is 0 Å². The van der Waals surface area contributed by atoms with Gasteiger partial charge in [-0.1, -0.05) is 12.8 Å². The Bertz CT molecular complexity index is 596. The van der Waals surface area contributed by atoms with Crippen molar-refractivity contribution in [2.24, 2.45) is 5.73 Å². The first-order chi connectivity index (χ1) is 11.5. The maximum Gasteiger partial charge on any atom is 0.416 e. The van der Waals surface area contributed by atoms with Crippen LogP contribution in [-0.2, 0) is 12.4 Å². The molecule has 0 unspecified atom stereocenters. The fourth-order valence-corrected chi connectivity index (χ4v) is 2.97. The molecule has 1 fully saturated rings. The Hall–Kier alpha value is -1.55. The van der Waals surface area contributed by atoms with Crippen LogP contribution in [0.5, 0.6) is 0 Å². The lowest BCUT2D eigenvalue weighted by atomic mass is 9.91. The number of anilines is 1. The third-order valence-electron chi connectivity index (χ3n) is 3.98. The van der Waals surface area contributed by atoms with Gasteiger partial charge in [0.15, 0.2) is 5.11 Å². The molecule has 4 N–H and O–H groups in total. The van der Waals surface area contributed by atoms with E-state index in [0.717, 1.165) is 25.7 Å². The predicted molar refractivity (Wildman–Crippen MR) is 86.0 cm³/mol. The molecule has 3 nitrogen and oxygen atoms in total. The molecule has 140 valence electrons. The Labute approximate surface area is 146 Å². The van der Waals surface area contributed by atoms with Gasteiger partial charge in [0.1, 0.15) is 0 Å². The predicted octanol–water partition coefficient (Wildman–Crippen LogP) is 4.28. The van der Waals surface area contributed by atoms with Gasteiger partial charge < -0.3 is 16.4 Å². The van der Waals surface area contributed by atoms with Crippen LogP contribution >= 0.6 is 12.2 Å². The largest absolute Gasteiger partial charge is 0.416 e. The van der Waals surface area contributed by atoms with Crippen LogP contribution in [-0.4, -0.2) is 17.2 Å². The highest BCUT2D eigenvalue weighted by molar-refractivity contribution is 7.80. The number of rotatable bonds is 2. The summed E-state index contributed by atoms with van der Waals surface area (Å²) in [4.78, 5) is 0. The van der Waals surface area contributed by atoms with Gasteiger partial charge in [-0.2, -0.15) is 26.3 Å². The third-order valence-corrected chi connectivity index (χ3v) is 4.20. The Morgan fingerprint density at radius 2 is 1.48 bits per heavy atom. The van der Waals surface area contributed by atoms with Gasteiger partial charge in [0, 0.05) is 17.8 Å². The van der Waals surface area contributed by atoms with Crippen LogP contribution in [0.4, 0.5) is 32.0 Å². The molecule has 0 aromatic heterocycles. The summed E-state index contributed by atoms with van der Waals surface area (Å²) in [6.45, 7) is 0. The summed E-state index contributed by atoms with van der Waals surface area (Å²) < 4.78 is 77.0. The van der Waals surface area contributed by atoms with Crippen LogP contribution in [0.15, 0.2) is 18.2 Å². The fourth-order valence-electron chi connectivity index (χ4n) is 2.70. The lowest BCUT2D eigenvalue weighted by Crippen LogP contribution is -2.50. The maximum atomic E-state index is 12.8. The number of thiocarbonyl (C=S) groups is 1. The van der Waals surface area contributed by atoms with Gasteiger partial charge in [-0.15, -0.1) is 0 Å². The summed E-state index contributed by atoms with van der Waals surface area (Å²) in [6.07, 6.45) is -6.39. The van der Waals surface area contributed by atoms with Crippen LogP contribution in [0.3, 0.4) is 0 Å². The molecule has 1 aromatic carbocycles. The highest BCUT2D eigenvalue weighted by Crippen LogP contribution is 2.37. The van der Waals surface area contributed by atoms with Crippen LogP contribution < -0.4 is 16.4 Å². The van der Waals surface area contributed by atoms with Gasteiger partial charge in [0.05, 0.1) is 11.1 Å². The normalized spacial score (nSPS) is 21.7. The van der Waals surface area contributed by atoms with E-state index in [2.05, 4.69) is 10.6 Å². The van der Waals surface area contributed by atoms with Crippen molar-refractivity contribution in [3.8, 4) is 0 Å². The van der Waals surface area contributed by atoms with E-state index in [1.165, 1.54) is 0 Å². The molecule has 0 saturated heterocycles. The molecule has 0 radical (unpaired) electrons. The molecule has 0 aliphatic heterocycles. The number of benzene rings is 1. The number of hydrogen-bond acceptors (Lipinski definition) is 2. The minimum absolute atomic E-state index is 0.0604. The molecule has 1 aromatic rings. The van der Waals surface area contributed by atoms with E-state index in [0.29, 0.717) is 12.1 Å². The molecule has 0 heterocycles. The highest BCUT2D eigenvalue weighted by atomic mass is 32.1. The van der Waals surface area contributed by atoms with E-state index in [1.807, 2.05) is 0 Å². The third kappa shape index (κ3) is 5.46. The lowest BCUT2D eigenvalue weighted by Gasteiger charge is -2.30. The summed E-state index contributed by atoms with van der Waals surface area (Å²) in [5.41, 5.74) is 2.75. The first kappa shape index (κ1) is 19.8. The van der Waals surface area contributed by atoms with Crippen LogP contribution in [0.1, 0.15) is 36.8 Å². The van der Waals surface area contributed by atoms with Gasteiger partial charge >= 0.3 is 12.4 Å². The number of alkyl halides is 6. The van der Waals surface area contributed by atoms with E-state index in [1.54, 1.807) is 0 Å². The molecule has 2 rings (SSSR count). The van der Waals surface area contributed by atoms with E-state index in [-0.39, 0.29) is 28.9 Å². The van der Waals surface area contributed by atoms with Crippen molar-refractivity contribution in [3.05, 3.63) is 29.3 Å². The summed E-state index contributed by atoms with van der Waals surface area (Å²) >= 11 is 5.00. The second-order valence-corrected chi connectivity index (χ2v) is 6.36. The van der Waals surface area contributed by atoms with E-state index in [9.17, 15) is 26.3 Å². The van der Waals surface area contributed by atoms with Crippen molar-refractivity contribution >= 4 is 23.0 Å². The van der Waals surface area contributed by atoms with E-state index in [4.69, 9.17) is 18.0 Å². The molecule has 25 heavy (non-hydrogen) atoms. The number of hydrogen-bond donors (Lipinski definition) is 3. The molecule has 0 amide bonds. The van der Waals surface area contributed by atoms with Gasteiger partial charge in [-0.3, -0.25) is 0 Å². The number of nitrogens with two attached hydrogens (primary N) is 1. The molecule has 10 heteroatoms. The van der Waals surface area contributed by atoms with Crippen molar-refractivity contribution < 1.29 is 26.3 Å². The summed E-state index contributed by atoms with van der Waals surface area (Å²) in [5.74, 6) is 0. The fraction of sp³-hybridized carbons (Fsp3) is 0.533. The Morgan fingerprint density at radius 1 is 0.960 bits per heavy atom. The molecule has 0 spiro atoms. The zero-order chi connectivity index (χ0) is 18.8. The minimum atomic E-state index is -4.90. The highest BCUT2D eigenvalue weighted by Gasteiger charge is 2.37. The number of halogens is 6. The summed E-state index contributed by atoms with van der Waals surface area (Å²) in [6, 6.07) is 0.912.